The second-order valence-corrected chi connectivity index (χ2v) is 6.02. The van der Waals surface area contributed by atoms with E-state index in [4.69, 9.17) is 4.42 Å². The molecule has 1 saturated carbocycles. The van der Waals surface area contributed by atoms with Gasteiger partial charge in [0.05, 0.1) is 5.56 Å². The van der Waals surface area contributed by atoms with E-state index in [-0.39, 0.29) is 11.5 Å². The van der Waals surface area contributed by atoms with Gasteiger partial charge in [-0.1, -0.05) is 25.8 Å². The highest BCUT2D eigenvalue weighted by atomic mass is 16.4. The Morgan fingerprint density at radius 3 is 2.76 bits per heavy atom. The number of allylic oxidation sites excluding steroid dienone is 1. The molecular formula is C17H21NO3. The Bertz CT molecular complexity index is 640. The van der Waals surface area contributed by atoms with E-state index in [1.165, 1.54) is 25.3 Å². The maximum Gasteiger partial charge on any atom is 0.336 e. The molecule has 1 aromatic heterocycles. The lowest BCUT2D eigenvalue weighted by atomic mass is 9.81. The minimum atomic E-state index is -0.358. The van der Waals surface area contributed by atoms with Crippen LogP contribution in [0.2, 0.25) is 0 Å². The molecule has 1 fully saturated rings. The number of carbonyl (C=O) groups is 1. The molecule has 0 atom stereocenters. The standard InChI is InChI=1S/C17H21NO3/c1-3-18-11(2)9-14-16(17(18)20)13(10-15(19)21-14)8-7-12-5-4-6-12/h10,12H,2-9H2,1H3. The van der Waals surface area contributed by atoms with Crippen molar-refractivity contribution in [3.05, 3.63) is 45.6 Å². The Balaban J connectivity index is 1.95. The summed E-state index contributed by atoms with van der Waals surface area (Å²) in [6.45, 7) is 6.44. The zero-order valence-electron chi connectivity index (χ0n) is 12.5. The SMILES string of the molecule is C=C1Cc2oc(=O)cc(CCC3CCC3)c2C(=O)N1CC. The first-order valence-electron chi connectivity index (χ1n) is 7.75. The van der Waals surface area contributed by atoms with Crippen molar-refractivity contribution in [3.63, 3.8) is 0 Å². The van der Waals surface area contributed by atoms with E-state index in [0.29, 0.717) is 30.0 Å². The second-order valence-electron chi connectivity index (χ2n) is 6.02. The van der Waals surface area contributed by atoms with Gasteiger partial charge in [0, 0.05) is 24.7 Å². The van der Waals surface area contributed by atoms with Gasteiger partial charge in [-0.05, 0) is 31.2 Å². The third-order valence-corrected chi connectivity index (χ3v) is 4.68. The number of aryl methyl sites for hydroxylation is 1. The molecule has 2 heterocycles. The summed E-state index contributed by atoms with van der Waals surface area (Å²) in [5, 5.41) is 0. The topological polar surface area (TPSA) is 50.5 Å². The number of amides is 1. The lowest BCUT2D eigenvalue weighted by Gasteiger charge is -2.30. The quantitative estimate of drug-likeness (QED) is 0.855. The fraction of sp³-hybridized carbons (Fsp3) is 0.529. The second kappa shape index (κ2) is 5.51. The zero-order valence-corrected chi connectivity index (χ0v) is 12.5. The van der Waals surface area contributed by atoms with Gasteiger partial charge >= 0.3 is 5.63 Å². The van der Waals surface area contributed by atoms with Gasteiger partial charge in [-0.2, -0.15) is 0 Å². The van der Waals surface area contributed by atoms with Crippen LogP contribution in [-0.2, 0) is 12.8 Å². The van der Waals surface area contributed by atoms with Crippen LogP contribution in [0, 0.1) is 5.92 Å². The molecule has 3 rings (SSSR count). The van der Waals surface area contributed by atoms with E-state index >= 15 is 0 Å². The Morgan fingerprint density at radius 2 is 2.14 bits per heavy atom. The van der Waals surface area contributed by atoms with Gasteiger partial charge in [0.1, 0.15) is 5.76 Å². The van der Waals surface area contributed by atoms with Crippen molar-refractivity contribution in [3.8, 4) is 0 Å². The average molecular weight is 287 g/mol. The molecule has 1 amide bonds. The van der Waals surface area contributed by atoms with Gasteiger partial charge in [0.2, 0.25) is 0 Å². The molecule has 4 nitrogen and oxygen atoms in total. The smallest absolute Gasteiger partial charge is 0.336 e. The van der Waals surface area contributed by atoms with Crippen LogP contribution in [0.1, 0.15) is 54.3 Å². The predicted molar refractivity (Wildman–Crippen MR) is 80.2 cm³/mol. The molecule has 1 aromatic rings. The van der Waals surface area contributed by atoms with Crippen molar-refractivity contribution in [2.75, 3.05) is 6.54 Å². The van der Waals surface area contributed by atoms with Gasteiger partial charge in [-0.25, -0.2) is 4.79 Å². The summed E-state index contributed by atoms with van der Waals surface area (Å²) in [6, 6.07) is 1.50. The van der Waals surface area contributed by atoms with Gasteiger partial charge in [-0.3, -0.25) is 4.79 Å². The van der Waals surface area contributed by atoms with Crippen molar-refractivity contribution in [2.45, 2.75) is 45.4 Å². The third-order valence-electron chi connectivity index (χ3n) is 4.68. The molecule has 0 radical (unpaired) electrons. The largest absolute Gasteiger partial charge is 0.427 e. The number of fused-ring (bicyclic) bond motifs is 1. The Kier molecular flexibility index (Phi) is 3.70. The summed E-state index contributed by atoms with van der Waals surface area (Å²) in [5.41, 5.74) is 1.80. The fourth-order valence-electron chi connectivity index (χ4n) is 3.24. The molecule has 0 saturated heterocycles. The van der Waals surface area contributed by atoms with Gasteiger partial charge in [-0.15, -0.1) is 0 Å². The van der Waals surface area contributed by atoms with Crippen LogP contribution in [0.4, 0.5) is 0 Å². The van der Waals surface area contributed by atoms with Crippen LogP contribution in [0.25, 0.3) is 0 Å². The van der Waals surface area contributed by atoms with Crippen molar-refractivity contribution in [1.29, 1.82) is 0 Å². The van der Waals surface area contributed by atoms with E-state index in [1.54, 1.807) is 4.90 Å². The highest BCUT2D eigenvalue weighted by Gasteiger charge is 2.31. The minimum Gasteiger partial charge on any atom is -0.427 e. The fourth-order valence-corrected chi connectivity index (χ4v) is 3.24. The summed E-state index contributed by atoms with van der Waals surface area (Å²) in [4.78, 5) is 26.0. The van der Waals surface area contributed by atoms with E-state index < -0.39 is 0 Å². The monoisotopic (exact) mass is 287 g/mol. The Morgan fingerprint density at radius 1 is 1.38 bits per heavy atom. The van der Waals surface area contributed by atoms with E-state index in [0.717, 1.165) is 24.3 Å². The van der Waals surface area contributed by atoms with Crippen molar-refractivity contribution >= 4 is 5.91 Å². The number of hydrogen-bond donors (Lipinski definition) is 0. The van der Waals surface area contributed by atoms with Gasteiger partial charge in [0.15, 0.2) is 0 Å². The predicted octanol–water partition coefficient (Wildman–Crippen LogP) is 2.90. The summed E-state index contributed by atoms with van der Waals surface area (Å²) in [5.74, 6) is 1.17. The molecule has 0 aromatic carbocycles. The van der Waals surface area contributed by atoms with Crippen LogP contribution in [0.5, 0.6) is 0 Å². The third kappa shape index (κ3) is 2.55. The molecule has 0 N–H and O–H groups in total. The Hall–Kier alpha value is -1.84. The molecule has 112 valence electrons. The van der Waals surface area contributed by atoms with Crippen molar-refractivity contribution in [1.82, 2.24) is 4.90 Å². The summed E-state index contributed by atoms with van der Waals surface area (Å²) >= 11 is 0. The molecule has 1 aliphatic carbocycles. The van der Waals surface area contributed by atoms with Crippen LogP contribution in [-0.4, -0.2) is 17.4 Å². The number of hydrogen-bond acceptors (Lipinski definition) is 3. The first kappa shape index (κ1) is 14.1. The highest BCUT2D eigenvalue weighted by molar-refractivity contribution is 5.99. The first-order valence-corrected chi connectivity index (χ1v) is 7.75. The molecule has 0 bridgehead atoms. The molecule has 4 heteroatoms. The van der Waals surface area contributed by atoms with Crippen molar-refractivity contribution < 1.29 is 9.21 Å². The van der Waals surface area contributed by atoms with Crippen LogP contribution in [0.3, 0.4) is 0 Å². The van der Waals surface area contributed by atoms with Gasteiger partial charge < -0.3 is 9.32 Å². The summed E-state index contributed by atoms with van der Waals surface area (Å²) < 4.78 is 5.26. The van der Waals surface area contributed by atoms with Crippen molar-refractivity contribution in [2.24, 2.45) is 5.92 Å². The number of rotatable bonds is 4. The minimum absolute atomic E-state index is 0.0730. The van der Waals surface area contributed by atoms with Crippen LogP contribution in [0.15, 0.2) is 27.6 Å². The maximum absolute atomic E-state index is 12.6. The summed E-state index contributed by atoms with van der Waals surface area (Å²) in [6.07, 6.45) is 6.14. The number of carbonyl (C=O) groups excluding carboxylic acids is 1. The number of likely N-dealkylation sites (N-methyl/N-ethyl adjacent to an activating group) is 1. The molecule has 0 unspecified atom stereocenters. The Labute approximate surface area is 124 Å². The molecular weight excluding hydrogens is 266 g/mol. The molecule has 2 aliphatic rings. The lowest BCUT2D eigenvalue weighted by Crippen LogP contribution is -2.36. The normalized spacial score (nSPS) is 18.6. The average Bonchev–Trinajstić information content (AvgIpc) is 2.36. The van der Waals surface area contributed by atoms with Crippen LogP contribution >= 0.6 is 0 Å². The van der Waals surface area contributed by atoms with Gasteiger partial charge in [0.25, 0.3) is 5.91 Å². The highest BCUT2D eigenvalue weighted by Crippen LogP contribution is 2.32. The van der Waals surface area contributed by atoms with E-state index in [9.17, 15) is 9.59 Å². The lowest BCUT2D eigenvalue weighted by molar-refractivity contribution is 0.0787. The van der Waals surface area contributed by atoms with Crippen LogP contribution < -0.4 is 5.63 Å². The molecule has 0 spiro atoms. The molecule has 1 aliphatic heterocycles. The molecule has 21 heavy (non-hydrogen) atoms. The first-order chi connectivity index (χ1) is 10.1. The van der Waals surface area contributed by atoms with E-state index in [2.05, 4.69) is 6.58 Å². The summed E-state index contributed by atoms with van der Waals surface area (Å²) in [7, 11) is 0. The number of nitrogens with zero attached hydrogens (tertiary/aromatic N) is 1. The zero-order chi connectivity index (χ0) is 15.0. The van der Waals surface area contributed by atoms with E-state index in [1.807, 2.05) is 6.92 Å². The maximum atomic E-state index is 12.6.